The van der Waals surface area contributed by atoms with Crippen molar-refractivity contribution in [1.29, 1.82) is 5.26 Å². The first-order valence-corrected chi connectivity index (χ1v) is 6.17. The van der Waals surface area contributed by atoms with Gasteiger partial charge in [-0.15, -0.1) is 0 Å². The number of carbonyl (C=O) groups is 1. The molecule has 0 aliphatic heterocycles. The lowest BCUT2D eigenvalue weighted by Gasteiger charge is -2.35. The maximum atomic E-state index is 11.3. The molecule has 0 radical (unpaired) electrons. The van der Waals surface area contributed by atoms with E-state index in [1.54, 1.807) is 0 Å². The number of carbonyl (C=O) groups excluding carboxylic acids is 1. The molecule has 1 saturated carbocycles. The van der Waals surface area contributed by atoms with Gasteiger partial charge >= 0.3 is 0 Å². The first-order chi connectivity index (χ1) is 8.24. The summed E-state index contributed by atoms with van der Waals surface area (Å²) in [6.45, 7) is 0. The molecular weight excluding hydrogens is 210 g/mol. The molecule has 0 unspecified atom stereocenters. The topological polar surface area (TPSA) is 40.9 Å². The lowest BCUT2D eigenvalue weighted by atomic mass is 9.68. The standard InChI is InChI=1S/C15H17NO/c16-11-10-15(8-6-14(17)7-9-15)12-13-4-2-1-3-5-13/h1-5H,6-10,12H2. The fourth-order valence-electron chi connectivity index (χ4n) is 2.67. The third kappa shape index (κ3) is 2.94. The molecule has 1 aromatic carbocycles. The van der Waals surface area contributed by atoms with E-state index >= 15 is 0 Å². The smallest absolute Gasteiger partial charge is 0.132 e. The van der Waals surface area contributed by atoms with Gasteiger partial charge in [-0.25, -0.2) is 0 Å². The van der Waals surface area contributed by atoms with Gasteiger partial charge in [0, 0.05) is 19.3 Å². The molecule has 1 fully saturated rings. The molecule has 1 aromatic rings. The van der Waals surface area contributed by atoms with E-state index in [0.717, 1.165) is 19.3 Å². The number of rotatable bonds is 3. The summed E-state index contributed by atoms with van der Waals surface area (Å²) in [6.07, 6.45) is 4.52. The molecule has 17 heavy (non-hydrogen) atoms. The van der Waals surface area contributed by atoms with Crippen molar-refractivity contribution in [2.75, 3.05) is 0 Å². The van der Waals surface area contributed by atoms with Crippen LogP contribution in [0.1, 0.15) is 37.7 Å². The average Bonchev–Trinajstić information content (AvgIpc) is 2.35. The molecule has 2 nitrogen and oxygen atoms in total. The number of nitrogens with zero attached hydrogens (tertiary/aromatic N) is 1. The quantitative estimate of drug-likeness (QED) is 0.795. The van der Waals surface area contributed by atoms with Crippen LogP contribution >= 0.6 is 0 Å². The maximum absolute atomic E-state index is 11.3. The van der Waals surface area contributed by atoms with Crippen LogP contribution in [-0.2, 0) is 11.2 Å². The molecule has 0 N–H and O–H groups in total. The molecule has 2 rings (SSSR count). The van der Waals surface area contributed by atoms with Crippen LogP contribution in [0.25, 0.3) is 0 Å². The Labute approximate surface area is 102 Å². The number of hydrogen-bond donors (Lipinski definition) is 0. The minimum Gasteiger partial charge on any atom is -0.300 e. The van der Waals surface area contributed by atoms with E-state index in [0.29, 0.717) is 25.0 Å². The molecule has 0 aromatic heterocycles. The first-order valence-electron chi connectivity index (χ1n) is 6.17. The number of ketones is 1. The average molecular weight is 227 g/mol. The zero-order chi connectivity index (χ0) is 12.1. The van der Waals surface area contributed by atoms with Crippen LogP contribution in [0.3, 0.4) is 0 Å². The summed E-state index contributed by atoms with van der Waals surface area (Å²) in [5, 5.41) is 8.99. The molecule has 0 bridgehead atoms. The molecule has 1 aliphatic rings. The molecule has 1 aliphatic carbocycles. The summed E-state index contributed by atoms with van der Waals surface area (Å²) in [6, 6.07) is 12.6. The third-order valence-corrected chi connectivity index (χ3v) is 3.74. The van der Waals surface area contributed by atoms with E-state index in [4.69, 9.17) is 5.26 Å². The third-order valence-electron chi connectivity index (χ3n) is 3.74. The maximum Gasteiger partial charge on any atom is 0.132 e. The van der Waals surface area contributed by atoms with Gasteiger partial charge in [-0.2, -0.15) is 5.26 Å². The molecule has 0 spiro atoms. The molecule has 0 atom stereocenters. The van der Waals surface area contributed by atoms with Crippen molar-refractivity contribution in [2.24, 2.45) is 5.41 Å². The number of Topliss-reactive ketones (excluding diaryl/α,β-unsaturated/α-hetero) is 1. The lowest BCUT2D eigenvalue weighted by Crippen LogP contribution is -2.29. The zero-order valence-electron chi connectivity index (χ0n) is 9.98. The van der Waals surface area contributed by atoms with Gasteiger partial charge in [0.25, 0.3) is 0 Å². The number of nitriles is 1. The molecule has 2 heteroatoms. The van der Waals surface area contributed by atoms with Crippen molar-refractivity contribution in [1.82, 2.24) is 0 Å². The highest BCUT2D eigenvalue weighted by molar-refractivity contribution is 5.79. The Morgan fingerprint density at radius 2 is 1.82 bits per heavy atom. The largest absolute Gasteiger partial charge is 0.300 e. The summed E-state index contributed by atoms with van der Waals surface area (Å²) in [5.41, 5.74) is 1.31. The molecule has 0 heterocycles. The lowest BCUT2D eigenvalue weighted by molar-refractivity contribution is -0.122. The Kier molecular flexibility index (Phi) is 3.58. The fraction of sp³-hybridized carbons (Fsp3) is 0.467. The van der Waals surface area contributed by atoms with Crippen LogP contribution in [0.15, 0.2) is 30.3 Å². The fourth-order valence-corrected chi connectivity index (χ4v) is 2.67. The van der Waals surface area contributed by atoms with Gasteiger partial charge in [-0.3, -0.25) is 4.79 Å². The molecular formula is C15H17NO. The second-order valence-electron chi connectivity index (χ2n) is 5.04. The monoisotopic (exact) mass is 227 g/mol. The predicted molar refractivity (Wildman–Crippen MR) is 66.3 cm³/mol. The van der Waals surface area contributed by atoms with Crippen molar-refractivity contribution in [2.45, 2.75) is 38.5 Å². The first kappa shape index (κ1) is 11.9. The van der Waals surface area contributed by atoms with E-state index in [9.17, 15) is 4.79 Å². The van der Waals surface area contributed by atoms with Crippen LogP contribution in [0, 0.1) is 16.7 Å². The highest BCUT2D eigenvalue weighted by Gasteiger charge is 2.34. The molecule has 88 valence electrons. The Morgan fingerprint density at radius 1 is 1.18 bits per heavy atom. The van der Waals surface area contributed by atoms with Gasteiger partial charge in [0.2, 0.25) is 0 Å². The summed E-state index contributed by atoms with van der Waals surface area (Å²) in [5.74, 6) is 0.353. The van der Waals surface area contributed by atoms with Crippen molar-refractivity contribution < 1.29 is 4.79 Å². The predicted octanol–water partition coefficient (Wildman–Crippen LogP) is 3.27. The summed E-state index contributed by atoms with van der Waals surface area (Å²) < 4.78 is 0. The Hall–Kier alpha value is -1.62. The van der Waals surface area contributed by atoms with Crippen molar-refractivity contribution in [3.63, 3.8) is 0 Å². The van der Waals surface area contributed by atoms with Crippen LogP contribution in [-0.4, -0.2) is 5.78 Å². The normalized spacial score (nSPS) is 18.6. The van der Waals surface area contributed by atoms with Gasteiger partial charge in [-0.1, -0.05) is 30.3 Å². The Morgan fingerprint density at radius 3 is 2.41 bits per heavy atom. The van der Waals surface area contributed by atoms with Crippen LogP contribution in [0.5, 0.6) is 0 Å². The van der Waals surface area contributed by atoms with E-state index in [-0.39, 0.29) is 5.41 Å². The molecule has 0 amide bonds. The number of hydrogen-bond acceptors (Lipinski definition) is 2. The second kappa shape index (κ2) is 5.14. The van der Waals surface area contributed by atoms with Gasteiger partial charge in [0.05, 0.1) is 6.07 Å². The van der Waals surface area contributed by atoms with Gasteiger partial charge in [-0.05, 0) is 30.2 Å². The van der Waals surface area contributed by atoms with Gasteiger partial charge in [0.15, 0.2) is 0 Å². The SMILES string of the molecule is N#CCC1(Cc2ccccc2)CCC(=O)CC1. The van der Waals surface area contributed by atoms with Crippen molar-refractivity contribution >= 4 is 5.78 Å². The van der Waals surface area contributed by atoms with Gasteiger partial charge < -0.3 is 0 Å². The van der Waals surface area contributed by atoms with E-state index < -0.39 is 0 Å². The minimum absolute atomic E-state index is 0.0318. The summed E-state index contributed by atoms with van der Waals surface area (Å²) >= 11 is 0. The van der Waals surface area contributed by atoms with E-state index in [2.05, 4.69) is 18.2 Å². The highest BCUT2D eigenvalue weighted by atomic mass is 16.1. The Bertz CT molecular complexity index is 420. The second-order valence-corrected chi connectivity index (χ2v) is 5.04. The summed E-state index contributed by atoms with van der Waals surface area (Å²) in [4.78, 5) is 11.3. The molecule has 0 saturated heterocycles. The highest BCUT2D eigenvalue weighted by Crippen LogP contribution is 2.40. The Balaban J connectivity index is 2.12. The minimum atomic E-state index is 0.0318. The van der Waals surface area contributed by atoms with Crippen LogP contribution < -0.4 is 0 Å². The number of benzene rings is 1. The van der Waals surface area contributed by atoms with Crippen LogP contribution in [0.2, 0.25) is 0 Å². The van der Waals surface area contributed by atoms with Crippen molar-refractivity contribution in [3.05, 3.63) is 35.9 Å². The van der Waals surface area contributed by atoms with Crippen molar-refractivity contribution in [3.8, 4) is 6.07 Å². The van der Waals surface area contributed by atoms with Gasteiger partial charge in [0.1, 0.15) is 5.78 Å². The summed E-state index contributed by atoms with van der Waals surface area (Å²) in [7, 11) is 0. The zero-order valence-corrected chi connectivity index (χ0v) is 9.98. The van der Waals surface area contributed by atoms with E-state index in [1.165, 1.54) is 5.56 Å². The van der Waals surface area contributed by atoms with Crippen LogP contribution in [0.4, 0.5) is 0 Å². The van der Waals surface area contributed by atoms with E-state index in [1.807, 2.05) is 18.2 Å².